The summed E-state index contributed by atoms with van der Waals surface area (Å²) in [5.74, 6) is 0.445. The molecule has 3 rings (SSSR count). The van der Waals surface area contributed by atoms with E-state index in [9.17, 15) is 4.79 Å². The molecule has 33 heavy (non-hydrogen) atoms. The van der Waals surface area contributed by atoms with Crippen molar-refractivity contribution in [2.24, 2.45) is 5.73 Å². The summed E-state index contributed by atoms with van der Waals surface area (Å²) < 4.78 is 0. The van der Waals surface area contributed by atoms with E-state index in [-0.39, 0.29) is 11.9 Å². The first-order valence-electron chi connectivity index (χ1n) is 11.1. The molecule has 0 saturated heterocycles. The van der Waals surface area contributed by atoms with Gasteiger partial charge in [-0.25, -0.2) is 4.98 Å². The maximum Gasteiger partial charge on any atom is 0.218 e. The van der Waals surface area contributed by atoms with Crippen LogP contribution in [0.2, 0.25) is 0 Å². The second-order valence-corrected chi connectivity index (χ2v) is 6.94. The summed E-state index contributed by atoms with van der Waals surface area (Å²) in [5.41, 5.74) is 8.77. The van der Waals surface area contributed by atoms with Crippen LogP contribution in [0.4, 0.5) is 5.82 Å². The number of allylic oxidation sites excluding steroid dienone is 1. The Hall–Kier alpha value is -3.76. The number of anilines is 1. The van der Waals surface area contributed by atoms with Gasteiger partial charge in [0.2, 0.25) is 5.91 Å². The summed E-state index contributed by atoms with van der Waals surface area (Å²) in [6.45, 7) is 12.5. The standard InChI is InChI=1S/C14H17N3O.C10H11N3.C2H6/c1-10(16-9-7-14(15)18)11-4-2-6-13-12(11)5-3-8-17-13;1-3-8(2)13-10-5-4-9(6-11)7-12-10;1-2/h2-6,8,10,16H,7,9H2,1H3,(H2,15,18);4-5,7H,2-3H2,1H3,(H,12,13);1-2H3. The summed E-state index contributed by atoms with van der Waals surface area (Å²) in [5, 5.41) is 16.0. The quantitative estimate of drug-likeness (QED) is 0.444. The number of pyridine rings is 2. The lowest BCUT2D eigenvalue weighted by molar-refractivity contribution is -0.117. The van der Waals surface area contributed by atoms with Crippen LogP contribution in [-0.2, 0) is 4.79 Å². The molecule has 0 aliphatic heterocycles. The highest BCUT2D eigenvalue weighted by Gasteiger charge is 2.09. The maximum absolute atomic E-state index is 10.7. The fourth-order valence-electron chi connectivity index (χ4n) is 2.83. The minimum Gasteiger partial charge on any atom is -0.370 e. The van der Waals surface area contributed by atoms with Gasteiger partial charge in [-0.2, -0.15) is 5.26 Å². The molecule has 0 aliphatic carbocycles. The molecule has 7 nitrogen and oxygen atoms in total. The zero-order valence-electron chi connectivity index (χ0n) is 19.9. The van der Waals surface area contributed by atoms with E-state index in [4.69, 9.17) is 11.0 Å². The minimum absolute atomic E-state index is 0.164. The van der Waals surface area contributed by atoms with Crippen LogP contribution < -0.4 is 16.4 Å². The number of benzene rings is 1. The van der Waals surface area contributed by atoms with Crippen molar-refractivity contribution in [1.29, 1.82) is 5.26 Å². The second-order valence-electron chi connectivity index (χ2n) is 6.94. The van der Waals surface area contributed by atoms with Gasteiger partial charge in [0.1, 0.15) is 11.9 Å². The van der Waals surface area contributed by atoms with Gasteiger partial charge in [0.25, 0.3) is 0 Å². The van der Waals surface area contributed by atoms with Gasteiger partial charge in [-0.1, -0.05) is 45.5 Å². The van der Waals surface area contributed by atoms with Crippen molar-refractivity contribution in [3.63, 3.8) is 0 Å². The molecule has 4 N–H and O–H groups in total. The normalized spacial score (nSPS) is 10.5. The molecule has 0 radical (unpaired) electrons. The molecule has 2 heterocycles. The number of hydrogen-bond donors (Lipinski definition) is 3. The van der Waals surface area contributed by atoms with Crippen LogP contribution in [0.1, 0.15) is 57.7 Å². The monoisotopic (exact) mass is 446 g/mol. The van der Waals surface area contributed by atoms with Crippen molar-refractivity contribution in [2.75, 3.05) is 11.9 Å². The van der Waals surface area contributed by atoms with Crippen LogP contribution in [0.15, 0.2) is 67.1 Å². The molecule has 1 aromatic carbocycles. The van der Waals surface area contributed by atoms with Crippen LogP contribution in [0.25, 0.3) is 10.9 Å². The Bertz CT molecular complexity index is 1050. The molecule has 0 spiro atoms. The Balaban J connectivity index is 0.000000322. The van der Waals surface area contributed by atoms with E-state index in [1.54, 1.807) is 18.3 Å². The van der Waals surface area contributed by atoms with Crippen molar-refractivity contribution in [2.45, 2.75) is 46.6 Å². The lowest BCUT2D eigenvalue weighted by atomic mass is 10.0. The molecule has 0 aliphatic rings. The van der Waals surface area contributed by atoms with Gasteiger partial charge in [-0.3, -0.25) is 9.78 Å². The van der Waals surface area contributed by atoms with E-state index < -0.39 is 0 Å². The molecule has 2 aromatic heterocycles. The van der Waals surface area contributed by atoms with E-state index in [0.29, 0.717) is 18.5 Å². The maximum atomic E-state index is 10.7. The van der Waals surface area contributed by atoms with Gasteiger partial charge in [0.15, 0.2) is 0 Å². The van der Waals surface area contributed by atoms with Crippen molar-refractivity contribution in [3.05, 3.63) is 78.3 Å². The van der Waals surface area contributed by atoms with Crippen molar-refractivity contribution in [3.8, 4) is 6.07 Å². The number of fused-ring (bicyclic) bond motifs is 1. The van der Waals surface area contributed by atoms with E-state index in [2.05, 4.69) is 46.2 Å². The highest BCUT2D eigenvalue weighted by Crippen LogP contribution is 2.22. The fourth-order valence-corrected chi connectivity index (χ4v) is 2.83. The number of carbonyl (C=O) groups is 1. The number of aromatic nitrogens is 2. The highest BCUT2D eigenvalue weighted by molar-refractivity contribution is 5.82. The molecule has 0 fully saturated rings. The van der Waals surface area contributed by atoms with Gasteiger partial charge in [-0.15, -0.1) is 0 Å². The Morgan fingerprint density at radius 3 is 2.55 bits per heavy atom. The van der Waals surface area contributed by atoms with Gasteiger partial charge in [0.05, 0.1) is 11.1 Å². The average Bonchev–Trinajstić information content (AvgIpc) is 2.85. The van der Waals surface area contributed by atoms with E-state index in [1.165, 1.54) is 11.8 Å². The van der Waals surface area contributed by atoms with Crippen molar-refractivity contribution in [1.82, 2.24) is 15.3 Å². The van der Waals surface area contributed by atoms with Gasteiger partial charge in [0, 0.05) is 42.5 Å². The molecule has 0 bridgehead atoms. The number of carbonyl (C=O) groups excluding carboxylic acids is 1. The van der Waals surface area contributed by atoms with E-state index in [0.717, 1.165) is 28.8 Å². The number of primary amides is 1. The SMILES string of the molecule is C=C(CC)Nc1ccc(C#N)cn1.CC.CC(NCCC(N)=O)c1cccc2ncccc12. The fraction of sp³-hybridized carbons (Fsp3) is 0.308. The average molecular weight is 447 g/mol. The molecule has 3 aromatic rings. The zero-order valence-corrected chi connectivity index (χ0v) is 19.9. The molecule has 7 heteroatoms. The second kappa shape index (κ2) is 15.1. The number of hydrogen-bond acceptors (Lipinski definition) is 6. The predicted octanol–water partition coefficient (Wildman–Crippen LogP) is 5.08. The number of nitriles is 1. The molecular formula is C26H34N6O. The summed E-state index contributed by atoms with van der Waals surface area (Å²) in [7, 11) is 0. The largest absolute Gasteiger partial charge is 0.370 e. The van der Waals surface area contributed by atoms with Gasteiger partial charge >= 0.3 is 0 Å². The third-order valence-electron chi connectivity index (χ3n) is 4.59. The van der Waals surface area contributed by atoms with E-state index >= 15 is 0 Å². The third kappa shape index (κ3) is 9.50. The Morgan fingerprint density at radius 2 is 1.94 bits per heavy atom. The smallest absolute Gasteiger partial charge is 0.218 e. The topological polar surface area (TPSA) is 117 Å². The molecule has 0 saturated carbocycles. The minimum atomic E-state index is -0.283. The molecule has 1 unspecified atom stereocenters. The van der Waals surface area contributed by atoms with E-state index in [1.807, 2.05) is 45.0 Å². The van der Waals surface area contributed by atoms with Gasteiger partial charge in [-0.05, 0) is 43.2 Å². The van der Waals surface area contributed by atoms with Crippen molar-refractivity contribution >= 4 is 22.6 Å². The van der Waals surface area contributed by atoms with Crippen LogP contribution in [-0.4, -0.2) is 22.4 Å². The van der Waals surface area contributed by atoms with Crippen LogP contribution in [0.3, 0.4) is 0 Å². The predicted molar refractivity (Wildman–Crippen MR) is 135 cm³/mol. The molecular weight excluding hydrogens is 412 g/mol. The Kier molecular flexibility index (Phi) is 12.5. The Morgan fingerprint density at radius 1 is 1.18 bits per heavy atom. The zero-order chi connectivity index (χ0) is 24.6. The number of nitrogens with zero attached hydrogens (tertiary/aromatic N) is 3. The molecule has 1 atom stereocenters. The summed E-state index contributed by atoms with van der Waals surface area (Å²) >= 11 is 0. The third-order valence-corrected chi connectivity index (χ3v) is 4.59. The van der Waals surface area contributed by atoms with Crippen LogP contribution >= 0.6 is 0 Å². The summed E-state index contributed by atoms with van der Waals surface area (Å²) in [4.78, 5) is 19.1. The summed E-state index contributed by atoms with van der Waals surface area (Å²) in [6, 6.07) is 15.7. The first-order valence-corrected chi connectivity index (χ1v) is 11.1. The highest BCUT2D eigenvalue weighted by atomic mass is 16.1. The number of nitrogens with two attached hydrogens (primary N) is 1. The summed E-state index contributed by atoms with van der Waals surface area (Å²) in [6.07, 6.45) is 4.54. The lowest BCUT2D eigenvalue weighted by Gasteiger charge is -2.15. The van der Waals surface area contributed by atoms with Crippen molar-refractivity contribution < 1.29 is 4.79 Å². The molecule has 174 valence electrons. The molecule has 1 amide bonds. The lowest BCUT2D eigenvalue weighted by Crippen LogP contribution is -2.24. The number of nitrogens with one attached hydrogen (secondary N) is 2. The van der Waals surface area contributed by atoms with Crippen LogP contribution in [0.5, 0.6) is 0 Å². The number of rotatable bonds is 8. The first kappa shape index (κ1) is 27.3. The number of amides is 1. The Labute approximate surface area is 196 Å². The van der Waals surface area contributed by atoms with Gasteiger partial charge < -0.3 is 16.4 Å². The first-order chi connectivity index (χ1) is 15.9. The van der Waals surface area contributed by atoms with Crippen LogP contribution in [0, 0.1) is 11.3 Å².